The molecule has 2 N–H and O–H groups in total. The molecule has 92 valence electrons. The molecule has 1 fully saturated rings. The minimum Gasteiger partial charge on any atom is -0.449 e. The molecule has 1 aliphatic rings. The highest BCUT2D eigenvalue weighted by Crippen LogP contribution is 2.24. The van der Waals surface area contributed by atoms with Gasteiger partial charge in [-0.15, -0.1) is 0 Å². The Morgan fingerprint density at radius 3 is 3.06 bits per heavy atom. The Labute approximate surface area is 100.0 Å². The maximum atomic E-state index is 10.2. The molecule has 2 rings (SSSR count). The van der Waals surface area contributed by atoms with Crippen molar-refractivity contribution in [1.82, 2.24) is 5.32 Å². The van der Waals surface area contributed by atoms with Crippen LogP contribution in [0.5, 0.6) is 0 Å². The average molecular weight is 236 g/mol. The van der Waals surface area contributed by atoms with E-state index in [2.05, 4.69) is 5.32 Å². The molecule has 2 atom stereocenters. The highest BCUT2D eigenvalue weighted by Gasteiger charge is 2.38. The van der Waals surface area contributed by atoms with Crippen molar-refractivity contribution < 1.29 is 14.3 Å². The zero-order chi connectivity index (χ0) is 12.3. The summed E-state index contributed by atoms with van der Waals surface area (Å²) in [6.45, 7) is 3.42. The van der Waals surface area contributed by atoms with Gasteiger partial charge < -0.3 is 19.6 Å². The van der Waals surface area contributed by atoms with Gasteiger partial charge in [0.1, 0.15) is 17.4 Å². The van der Waals surface area contributed by atoms with Crippen molar-refractivity contribution in [3.8, 4) is 6.07 Å². The summed E-state index contributed by atoms with van der Waals surface area (Å²) < 4.78 is 10.6. The van der Waals surface area contributed by atoms with Gasteiger partial charge in [0.25, 0.3) is 0 Å². The summed E-state index contributed by atoms with van der Waals surface area (Å²) in [6, 6.07) is 5.32. The molecular weight excluding hydrogens is 220 g/mol. The zero-order valence-corrected chi connectivity index (χ0v) is 9.77. The highest BCUT2D eigenvalue weighted by molar-refractivity contribution is 5.18. The molecule has 5 nitrogen and oxygen atoms in total. The summed E-state index contributed by atoms with van der Waals surface area (Å²) in [4.78, 5) is 0. The van der Waals surface area contributed by atoms with E-state index in [1.165, 1.54) is 0 Å². The Hall–Kier alpha value is -1.35. The molecule has 5 heteroatoms. The van der Waals surface area contributed by atoms with Gasteiger partial charge >= 0.3 is 0 Å². The van der Waals surface area contributed by atoms with Crippen molar-refractivity contribution >= 4 is 0 Å². The smallest absolute Gasteiger partial charge is 0.203 e. The summed E-state index contributed by atoms with van der Waals surface area (Å²) in [6.07, 6.45) is 0.490. The lowest BCUT2D eigenvalue weighted by Gasteiger charge is -2.26. The van der Waals surface area contributed by atoms with Crippen LogP contribution in [0.2, 0.25) is 0 Å². The van der Waals surface area contributed by atoms with Gasteiger partial charge in [-0.3, -0.25) is 0 Å². The van der Waals surface area contributed by atoms with Crippen molar-refractivity contribution in [1.29, 1.82) is 5.26 Å². The van der Waals surface area contributed by atoms with E-state index in [1.54, 1.807) is 12.1 Å². The minimum absolute atomic E-state index is 0.152. The van der Waals surface area contributed by atoms with Gasteiger partial charge in [-0.05, 0) is 19.1 Å². The minimum atomic E-state index is -0.801. The summed E-state index contributed by atoms with van der Waals surface area (Å²) in [5, 5.41) is 21.9. The normalized spacial score (nSPS) is 28.2. The van der Waals surface area contributed by atoms with Crippen LogP contribution in [0.3, 0.4) is 0 Å². The molecule has 2 heterocycles. The van der Waals surface area contributed by atoms with Crippen LogP contribution in [0, 0.1) is 11.3 Å². The van der Waals surface area contributed by atoms with E-state index in [1.807, 2.05) is 13.0 Å². The quantitative estimate of drug-likeness (QED) is 0.807. The molecule has 0 bridgehead atoms. The number of hydrogen-bond acceptors (Lipinski definition) is 5. The summed E-state index contributed by atoms with van der Waals surface area (Å²) in [7, 11) is 0. The van der Waals surface area contributed by atoms with E-state index in [4.69, 9.17) is 14.4 Å². The lowest BCUT2D eigenvalue weighted by atomic mass is 9.97. The van der Waals surface area contributed by atoms with Crippen LogP contribution in [0.15, 0.2) is 16.5 Å². The van der Waals surface area contributed by atoms with E-state index in [-0.39, 0.29) is 6.10 Å². The fourth-order valence-electron chi connectivity index (χ4n) is 1.94. The molecule has 0 radical (unpaired) electrons. The SMILES string of the molecule is CC1OCCC1(O)CNCc1ccc(C#N)o1. The Bertz CT molecular complexity index is 424. The molecule has 0 aliphatic carbocycles. The maximum absolute atomic E-state index is 10.2. The average Bonchev–Trinajstić information content (AvgIpc) is 2.88. The van der Waals surface area contributed by atoms with Crippen LogP contribution in [0.4, 0.5) is 0 Å². The van der Waals surface area contributed by atoms with Gasteiger partial charge in [0.15, 0.2) is 0 Å². The Morgan fingerprint density at radius 2 is 2.47 bits per heavy atom. The number of aliphatic hydroxyl groups is 1. The number of nitrogens with zero attached hydrogens (tertiary/aromatic N) is 1. The van der Waals surface area contributed by atoms with E-state index < -0.39 is 5.60 Å². The van der Waals surface area contributed by atoms with Gasteiger partial charge in [0, 0.05) is 19.6 Å². The third-order valence-corrected chi connectivity index (χ3v) is 3.16. The Kier molecular flexibility index (Phi) is 3.48. The van der Waals surface area contributed by atoms with Crippen LogP contribution in [0.25, 0.3) is 0 Å². The molecule has 0 amide bonds. The first-order chi connectivity index (χ1) is 8.14. The molecule has 0 aromatic carbocycles. The van der Waals surface area contributed by atoms with E-state index in [0.29, 0.717) is 37.6 Å². The molecule has 0 saturated carbocycles. The third kappa shape index (κ3) is 2.67. The summed E-state index contributed by atoms with van der Waals surface area (Å²) in [5.74, 6) is 0.995. The van der Waals surface area contributed by atoms with E-state index in [0.717, 1.165) is 0 Å². The molecule has 0 spiro atoms. The summed E-state index contributed by atoms with van der Waals surface area (Å²) in [5.41, 5.74) is -0.801. The van der Waals surface area contributed by atoms with Crippen LogP contribution in [0.1, 0.15) is 24.9 Å². The number of rotatable bonds is 4. The molecule has 1 saturated heterocycles. The monoisotopic (exact) mass is 236 g/mol. The first-order valence-corrected chi connectivity index (χ1v) is 5.67. The van der Waals surface area contributed by atoms with Crippen molar-refractivity contribution in [2.75, 3.05) is 13.2 Å². The second-order valence-electron chi connectivity index (χ2n) is 4.35. The fraction of sp³-hybridized carbons (Fsp3) is 0.583. The molecule has 17 heavy (non-hydrogen) atoms. The van der Waals surface area contributed by atoms with Crippen molar-refractivity contribution in [3.63, 3.8) is 0 Å². The topological polar surface area (TPSA) is 78.4 Å². The second-order valence-corrected chi connectivity index (χ2v) is 4.35. The number of hydrogen-bond donors (Lipinski definition) is 2. The molecule has 1 aromatic rings. The largest absolute Gasteiger partial charge is 0.449 e. The Morgan fingerprint density at radius 1 is 1.65 bits per heavy atom. The first-order valence-electron chi connectivity index (χ1n) is 5.67. The summed E-state index contributed by atoms with van der Waals surface area (Å²) >= 11 is 0. The maximum Gasteiger partial charge on any atom is 0.203 e. The number of nitrogens with one attached hydrogen (secondary N) is 1. The van der Waals surface area contributed by atoms with Gasteiger partial charge in [0.05, 0.1) is 12.6 Å². The van der Waals surface area contributed by atoms with Crippen LogP contribution in [-0.4, -0.2) is 30.0 Å². The van der Waals surface area contributed by atoms with Gasteiger partial charge in [-0.1, -0.05) is 0 Å². The van der Waals surface area contributed by atoms with Crippen molar-refractivity contribution in [3.05, 3.63) is 23.7 Å². The molecule has 2 unspecified atom stereocenters. The molecular formula is C12H16N2O3. The van der Waals surface area contributed by atoms with E-state index >= 15 is 0 Å². The zero-order valence-electron chi connectivity index (χ0n) is 9.77. The molecule has 1 aromatic heterocycles. The predicted octanol–water partition coefficient (Wildman–Crippen LogP) is 0.781. The van der Waals surface area contributed by atoms with E-state index in [9.17, 15) is 5.11 Å². The van der Waals surface area contributed by atoms with Gasteiger partial charge in [-0.25, -0.2) is 0 Å². The van der Waals surface area contributed by atoms with Gasteiger partial charge in [-0.2, -0.15) is 5.26 Å². The van der Waals surface area contributed by atoms with Crippen molar-refractivity contribution in [2.24, 2.45) is 0 Å². The molecule has 1 aliphatic heterocycles. The lowest BCUT2D eigenvalue weighted by Crippen LogP contribution is -2.45. The number of nitriles is 1. The van der Waals surface area contributed by atoms with Crippen molar-refractivity contribution in [2.45, 2.75) is 31.6 Å². The van der Waals surface area contributed by atoms with Crippen LogP contribution < -0.4 is 5.32 Å². The van der Waals surface area contributed by atoms with Crippen LogP contribution in [-0.2, 0) is 11.3 Å². The predicted molar refractivity (Wildman–Crippen MR) is 60.1 cm³/mol. The van der Waals surface area contributed by atoms with Gasteiger partial charge in [0.2, 0.25) is 5.76 Å². The first kappa shape index (κ1) is 12.1. The second kappa shape index (κ2) is 4.88. The number of furan rings is 1. The standard InChI is InChI=1S/C12H16N2O3/c1-9-12(15,4-5-16-9)8-14-7-11-3-2-10(6-13)17-11/h2-3,9,14-15H,4-5,7-8H2,1H3. The highest BCUT2D eigenvalue weighted by atomic mass is 16.5. The number of ether oxygens (including phenoxy) is 1. The fourth-order valence-corrected chi connectivity index (χ4v) is 1.94. The Balaban J connectivity index is 1.81. The third-order valence-electron chi connectivity index (χ3n) is 3.16. The van der Waals surface area contributed by atoms with Crippen LogP contribution >= 0.6 is 0 Å². The lowest BCUT2D eigenvalue weighted by molar-refractivity contribution is -0.0264.